The average molecular weight is 310 g/mol. The van der Waals surface area contributed by atoms with Crippen LogP contribution in [0.15, 0.2) is 18.2 Å². The summed E-state index contributed by atoms with van der Waals surface area (Å²) < 4.78 is 10.5. The van der Waals surface area contributed by atoms with Crippen LogP contribution in [-0.4, -0.2) is 52.8 Å². The van der Waals surface area contributed by atoms with Gasteiger partial charge in [0.2, 0.25) is 0 Å². The number of nitrogens with one attached hydrogen (secondary N) is 2. The van der Waals surface area contributed by atoms with E-state index in [1.165, 1.54) is 12.0 Å². The summed E-state index contributed by atoms with van der Waals surface area (Å²) in [7, 11) is 5.47. The fourth-order valence-corrected chi connectivity index (χ4v) is 1.70. The van der Waals surface area contributed by atoms with Gasteiger partial charge in [-0.3, -0.25) is 4.79 Å². The summed E-state index contributed by atoms with van der Waals surface area (Å²) in [6.45, 7) is 1.39. The molecule has 2 N–H and O–H groups in total. The quantitative estimate of drug-likeness (QED) is 0.555. The second-order valence-corrected chi connectivity index (χ2v) is 5.05. The summed E-state index contributed by atoms with van der Waals surface area (Å²) in [5.41, 5.74) is 0.456. The molecule has 1 aromatic rings. The van der Waals surface area contributed by atoms with Crippen LogP contribution in [0.2, 0.25) is 0 Å². The summed E-state index contributed by atoms with van der Waals surface area (Å²) in [6, 6.07) is 4.75. The minimum Gasteiger partial charge on any atom is -0.550 e. The highest BCUT2D eigenvalue weighted by Gasteiger charge is 2.11. The molecule has 0 saturated heterocycles. The summed E-state index contributed by atoms with van der Waals surface area (Å²) in [4.78, 5) is 23.6. The number of methoxy groups -OCH3 is 1. The van der Waals surface area contributed by atoms with E-state index in [4.69, 9.17) is 9.47 Å². The van der Waals surface area contributed by atoms with Gasteiger partial charge in [-0.25, -0.2) is 0 Å². The van der Waals surface area contributed by atoms with Gasteiger partial charge in [-0.1, -0.05) is 0 Å². The van der Waals surface area contributed by atoms with E-state index < -0.39 is 5.97 Å². The van der Waals surface area contributed by atoms with Crippen LogP contribution >= 0.6 is 0 Å². The van der Waals surface area contributed by atoms with Crippen LogP contribution in [0, 0.1) is 0 Å². The lowest BCUT2D eigenvalue weighted by Gasteiger charge is -2.13. The van der Waals surface area contributed by atoms with Gasteiger partial charge in [0.25, 0.3) is 5.91 Å². The zero-order valence-corrected chi connectivity index (χ0v) is 13.1. The van der Waals surface area contributed by atoms with Crippen molar-refractivity contribution in [3.63, 3.8) is 0 Å². The van der Waals surface area contributed by atoms with E-state index in [1.54, 1.807) is 18.2 Å². The molecule has 0 unspecified atom stereocenters. The number of benzene rings is 1. The summed E-state index contributed by atoms with van der Waals surface area (Å²) in [5, 5.41) is 13.2. The lowest BCUT2D eigenvalue weighted by molar-refractivity contribution is -0.856. The van der Waals surface area contributed by atoms with Crippen molar-refractivity contribution in [2.24, 2.45) is 0 Å². The van der Waals surface area contributed by atoms with Gasteiger partial charge < -0.3 is 29.6 Å². The second kappa shape index (κ2) is 8.89. The number of amides is 1. The van der Waals surface area contributed by atoms with Crippen molar-refractivity contribution in [3.05, 3.63) is 23.8 Å². The number of rotatable bonds is 9. The maximum absolute atomic E-state index is 12.0. The first-order valence-electron chi connectivity index (χ1n) is 7.02. The van der Waals surface area contributed by atoms with Gasteiger partial charge in [0.05, 0.1) is 40.9 Å². The number of aliphatic carboxylic acids is 1. The number of hydrogen-bond donors (Lipinski definition) is 2. The molecule has 0 radical (unpaired) electrons. The molecule has 0 bridgehead atoms. The number of hydrogen-bond acceptors (Lipinski definition) is 5. The molecule has 0 heterocycles. The van der Waals surface area contributed by atoms with Gasteiger partial charge in [-0.05, 0) is 18.2 Å². The third-order valence-electron chi connectivity index (χ3n) is 2.90. The maximum atomic E-state index is 12.0. The first kappa shape index (κ1) is 17.8. The second-order valence-electron chi connectivity index (χ2n) is 5.05. The summed E-state index contributed by atoms with van der Waals surface area (Å²) in [6.07, 6.45) is -0.210. The Morgan fingerprint density at radius 2 is 2.00 bits per heavy atom. The standard InChI is InChI=1S/C15H22N2O5/c1-17(2)8-7-16-15(20)11-4-5-12(13(10-11)21-3)22-9-6-14(18)19/h4-5,10H,6-9H2,1-3H3,(H,16,20)(H,18,19). The molecule has 122 valence electrons. The largest absolute Gasteiger partial charge is 0.550 e. The SMILES string of the molecule is COc1cc(C(=O)NCC[NH+](C)C)ccc1OCCC(=O)[O-]. The molecule has 1 aromatic carbocycles. The average Bonchev–Trinajstić information content (AvgIpc) is 2.46. The molecule has 0 aliphatic rings. The molecule has 22 heavy (non-hydrogen) atoms. The molecule has 0 atom stereocenters. The number of likely N-dealkylation sites (N-methyl/N-ethyl adjacent to an activating group) is 1. The fourth-order valence-electron chi connectivity index (χ4n) is 1.70. The minimum atomic E-state index is -1.18. The Kier molecular flexibility index (Phi) is 7.18. The molecule has 0 spiro atoms. The number of ether oxygens (including phenoxy) is 2. The maximum Gasteiger partial charge on any atom is 0.251 e. The number of carbonyl (C=O) groups excluding carboxylic acids is 2. The lowest BCUT2D eigenvalue weighted by Crippen LogP contribution is -3.06. The Labute approximate surface area is 129 Å². The molecule has 7 nitrogen and oxygen atoms in total. The van der Waals surface area contributed by atoms with Crippen molar-refractivity contribution < 1.29 is 29.1 Å². The number of carbonyl (C=O) groups is 2. The number of carboxylic acid groups (broad SMARTS) is 1. The van der Waals surface area contributed by atoms with E-state index in [0.717, 1.165) is 6.54 Å². The Morgan fingerprint density at radius 1 is 1.27 bits per heavy atom. The number of quaternary nitrogens is 1. The molecule has 0 saturated carbocycles. The summed E-state index contributed by atoms with van der Waals surface area (Å²) >= 11 is 0. The molecular formula is C15H22N2O5. The smallest absolute Gasteiger partial charge is 0.251 e. The predicted molar refractivity (Wildman–Crippen MR) is 78.1 cm³/mol. The molecule has 1 rings (SSSR count). The van der Waals surface area contributed by atoms with Crippen LogP contribution in [0.25, 0.3) is 0 Å². The van der Waals surface area contributed by atoms with Crippen LogP contribution in [0.3, 0.4) is 0 Å². The highest BCUT2D eigenvalue weighted by atomic mass is 16.5. The van der Waals surface area contributed by atoms with Gasteiger partial charge >= 0.3 is 0 Å². The van der Waals surface area contributed by atoms with Gasteiger partial charge in [0, 0.05) is 18.0 Å². The third-order valence-corrected chi connectivity index (χ3v) is 2.90. The highest BCUT2D eigenvalue weighted by molar-refractivity contribution is 5.94. The highest BCUT2D eigenvalue weighted by Crippen LogP contribution is 2.28. The molecular weight excluding hydrogens is 288 g/mol. The van der Waals surface area contributed by atoms with Crippen molar-refractivity contribution in [2.75, 3.05) is 40.9 Å². The fraction of sp³-hybridized carbons (Fsp3) is 0.467. The third kappa shape index (κ3) is 6.01. The Balaban J connectivity index is 2.66. The van der Waals surface area contributed by atoms with E-state index in [0.29, 0.717) is 23.6 Å². The van der Waals surface area contributed by atoms with E-state index in [1.807, 2.05) is 14.1 Å². The molecule has 0 aliphatic carbocycles. The molecule has 0 aromatic heterocycles. The molecule has 7 heteroatoms. The van der Waals surface area contributed by atoms with Gasteiger partial charge in [-0.2, -0.15) is 0 Å². The van der Waals surface area contributed by atoms with E-state index in [9.17, 15) is 14.7 Å². The zero-order chi connectivity index (χ0) is 16.5. The zero-order valence-electron chi connectivity index (χ0n) is 13.1. The number of carboxylic acids is 1. The van der Waals surface area contributed by atoms with E-state index in [-0.39, 0.29) is 18.9 Å². The van der Waals surface area contributed by atoms with Gasteiger partial charge in [0.15, 0.2) is 11.5 Å². The van der Waals surface area contributed by atoms with Crippen LogP contribution < -0.4 is 24.8 Å². The van der Waals surface area contributed by atoms with Crippen LogP contribution in [0.5, 0.6) is 11.5 Å². The Bertz CT molecular complexity index is 517. The van der Waals surface area contributed by atoms with Crippen molar-refractivity contribution in [3.8, 4) is 11.5 Å². The van der Waals surface area contributed by atoms with E-state index >= 15 is 0 Å². The predicted octanol–water partition coefficient (Wildman–Crippen LogP) is -1.91. The van der Waals surface area contributed by atoms with Gasteiger partial charge in [-0.15, -0.1) is 0 Å². The molecule has 0 fully saturated rings. The molecule has 0 aliphatic heterocycles. The van der Waals surface area contributed by atoms with Crippen molar-refractivity contribution in [1.29, 1.82) is 0 Å². The minimum absolute atomic E-state index is 0.0180. The van der Waals surface area contributed by atoms with Crippen molar-refractivity contribution >= 4 is 11.9 Å². The van der Waals surface area contributed by atoms with Crippen LogP contribution in [0.1, 0.15) is 16.8 Å². The molecule has 1 amide bonds. The Hall–Kier alpha value is -2.28. The summed E-state index contributed by atoms with van der Waals surface area (Å²) in [5.74, 6) is -0.610. The van der Waals surface area contributed by atoms with Crippen molar-refractivity contribution in [1.82, 2.24) is 5.32 Å². The first-order valence-corrected chi connectivity index (χ1v) is 7.02. The Morgan fingerprint density at radius 3 is 2.59 bits per heavy atom. The van der Waals surface area contributed by atoms with Crippen molar-refractivity contribution in [2.45, 2.75) is 6.42 Å². The topological polar surface area (TPSA) is 92.1 Å². The monoisotopic (exact) mass is 310 g/mol. The van der Waals surface area contributed by atoms with E-state index in [2.05, 4.69) is 5.32 Å². The lowest BCUT2D eigenvalue weighted by atomic mass is 10.2. The van der Waals surface area contributed by atoms with Gasteiger partial charge in [0.1, 0.15) is 0 Å². The van der Waals surface area contributed by atoms with Crippen LogP contribution in [-0.2, 0) is 4.79 Å². The normalized spacial score (nSPS) is 10.4. The van der Waals surface area contributed by atoms with Crippen LogP contribution in [0.4, 0.5) is 0 Å². The first-order chi connectivity index (χ1) is 10.4.